The van der Waals surface area contributed by atoms with Crippen molar-refractivity contribution in [2.45, 2.75) is 37.5 Å². The first kappa shape index (κ1) is 14.1. The molecular formula is C11H21ClN2OS. The average molecular weight is 265 g/mol. The summed E-state index contributed by atoms with van der Waals surface area (Å²) in [5, 5.41) is 3.95. The summed E-state index contributed by atoms with van der Waals surface area (Å²) < 4.78 is 0. The van der Waals surface area contributed by atoms with E-state index in [1.54, 1.807) is 0 Å². The van der Waals surface area contributed by atoms with Gasteiger partial charge >= 0.3 is 0 Å². The van der Waals surface area contributed by atoms with Gasteiger partial charge in [0.1, 0.15) is 0 Å². The van der Waals surface area contributed by atoms with Crippen molar-refractivity contribution in [3.63, 3.8) is 0 Å². The van der Waals surface area contributed by atoms with Gasteiger partial charge in [0.05, 0.1) is 6.04 Å². The zero-order valence-electron chi connectivity index (χ0n) is 9.78. The maximum atomic E-state index is 12.1. The molecule has 94 valence electrons. The fraction of sp³-hybridized carbons (Fsp3) is 0.909. The molecule has 1 N–H and O–H groups in total. The van der Waals surface area contributed by atoms with Crippen molar-refractivity contribution in [1.29, 1.82) is 0 Å². The molecule has 2 unspecified atom stereocenters. The van der Waals surface area contributed by atoms with Gasteiger partial charge in [0, 0.05) is 24.1 Å². The molecule has 0 aromatic heterocycles. The van der Waals surface area contributed by atoms with Crippen LogP contribution in [-0.4, -0.2) is 47.5 Å². The molecule has 0 saturated carbocycles. The number of carbonyl (C=O) groups is 1. The number of nitrogens with zero attached hydrogens (tertiary/aromatic N) is 1. The minimum absolute atomic E-state index is 0. The van der Waals surface area contributed by atoms with Gasteiger partial charge in [-0.2, -0.15) is 11.8 Å². The Morgan fingerprint density at radius 2 is 2.38 bits per heavy atom. The van der Waals surface area contributed by atoms with Crippen molar-refractivity contribution in [1.82, 2.24) is 10.2 Å². The van der Waals surface area contributed by atoms with E-state index in [0.717, 1.165) is 38.2 Å². The van der Waals surface area contributed by atoms with Crippen LogP contribution in [0.3, 0.4) is 0 Å². The van der Waals surface area contributed by atoms with Crippen LogP contribution in [0.5, 0.6) is 0 Å². The molecule has 2 atom stereocenters. The third-order valence-electron chi connectivity index (χ3n) is 3.26. The van der Waals surface area contributed by atoms with E-state index >= 15 is 0 Å². The summed E-state index contributed by atoms with van der Waals surface area (Å²) in [7, 11) is 0. The predicted octanol–water partition coefficient (Wildman–Crippen LogP) is 1.51. The summed E-state index contributed by atoms with van der Waals surface area (Å²) in [6.45, 7) is 5.12. The smallest absolute Gasteiger partial charge is 0.239 e. The Morgan fingerprint density at radius 3 is 3.00 bits per heavy atom. The molecule has 2 fully saturated rings. The van der Waals surface area contributed by atoms with Crippen LogP contribution >= 0.6 is 24.2 Å². The maximum Gasteiger partial charge on any atom is 0.239 e. The SMILES string of the molecule is CCC1CN(C(=O)C2CCCN2)CCS1.Cl. The van der Waals surface area contributed by atoms with Crippen LogP contribution in [0.4, 0.5) is 0 Å². The molecule has 0 bridgehead atoms. The minimum Gasteiger partial charge on any atom is -0.339 e. The molecule has 3 nitrogen and oxygen atoms in total. The second kappa shape index (κ2) is 6.72. The lowest BCUT2D eigenvalue weighted by Crippen LogP contribution is -2.48. The summed E-state index contributed by atoms with van der Waals surface area (Å²) in [6.07, 6.45) is 3.35. The maximum absolute atomic E-state index is 12.1. The molecule has 0 aliphatic carbocycles. The number of hydrogen-bond donors (Lipinski definition) is 1. The molecular weight excluding hydrogens is 244 g/mol. The van der Waals surface area contributed by atoms with E-state index in [0.29, 0.717) is 11.2 Å². The lowest BCUT2D eigenvalue weighted by Gasteiger charge is -2.33. The molecule has 0 aromatic carbocycles. The number of nitrogens with one attached hydrogen (secondary N) is 1. The van der Waals surface area contributed by atoms with Crippen LogP contribution in [0.1, 0.15) is 26.2 Å². The van der Waals surface area contributed by atoms with Crippen molar-refractivity contribution in [2.24, 2.45) is 0 Å². The van der Waals surface area contributed by atoms with Crippen molar-refractivity contribution < 1.29 is 4.79 Å². The number of halogens is 1. The van der Waals surface area contributed by atoms with Crippen LogP contribution in [0.2, 0.25) is 0 Å². The Hall–Kier alpha value is 0.0700. The molecule has 16 heavy (non-hydrogen) atoms. The highest BCUT2D eigenvalue weighted by Crippen LogP contribution is 2.22. The van der Waals surface area contributed by atoms with E-state index in [1.807, 2.05) is 11.8 Å². The highest BCUT2D eigenvalue weighted by Gasteiger charge is 2.29. The second-order valence-electron chi connectivity index (χ2n) is 4.33. The fourth-order valence-electron chi connectivity index (χ4n) is 2.28. The van der Waals surface area contributed by atoms with Crippen molar-refractivity contribution >= 4 is 30.1 Å². The van der Waals surface area contributed by atoms with E-state index in [4.69, 9.17) is 0 Å². The summed E-state index contributed by atoms with van der Waals surface area (Å²) >= 11 is 2.01. The van der Waals surface area contributed by atoms with Gasteiger partial charge in [-0.1, -0.05) is 6.92 Å². The number of thioether (sulfide) groups is 1. The van der Waals surface area contributed by atoms with Gasteiger partial charge in [-0.05, 0) is 25.8 Å². The lowest BCUT2D eigenvalue weighted by molar-refractivity contribution is -0.133. The van der Waals surface area contributed by atoms with Gasteiger partial charge in [0.2, 0.25) is 5.91 Å². The number of rotatable bonds is 2. The van der Waals surface area contributed by atoms with Gasteiger partial charge in [-0.15, -0.1) is 12.4 Å². The Morgan fingerprint density at radius 1 is 1.56 bits per heavy atom. The number of carbonyl (C=O) groups excluding carboxylic acids is 1. The van der Waals surface area contributed by atoms with Crippen LogP contribution in [-0.2, 0) is 4.79 Å². The first-order chi connectivity index (χ1) is 7.31. The normalized spacial score (nSPS) is 29.9. The minimum atomic E-state index is 0. The number of amides is 1. The van der Waals surface area contributed by atoms with E-state index in [9.17, 15) is 4.79 Å². The summed E-state index contributed by atoms with van der Waals surface area (Å²) in [6, 6.07) is 0.116. The van der Waals surface area contributed by atoms with E-state index in [1.165, 1.54) is 6.42 Å². The van der Waals surface area contributed by atoms with E-state index in [2.05, 4.69) is 17.1 Å². The third kappa shape index (κ3) is 3.28. The van der Waals surface area contributed by atoms with E-state index in [-0.39, 0.29) is 18.4 Å². The lowest BCUT2D eigenvalue weighted by atomic mass is 10.2. The molecule has 0 aromatic rings. The predicted molar refractivity (Wildman–Crippen MR) is 71.4 cm³/mol. The van der Waals surface area contributed by atoms with Crippen molar-refractivity contribution in [3.8, 4) is 0 Å². The highest BCUT2D eigenvalue weighted by atomic mass is 35.5. The summed E-state index contributed by atoms with van der Waals surface area (Å²) in [5.74, 6) is 1.45. The molecule has 2 rings (SSSR count). The van der Waals surface area contributed by atoms with Crippen LogP contribution in [0.15, 0.2) is 0 Å². The topological polar surface area (TPSA) is 32.3 Å². The highest BCUT2D eigenvalue weighted by molar-refractivity contribution is 8.00. The molecule has 2 aliphatic rings. The Bertz CT molecular complexity index is 234. The van der Waals surface area contributed by atoms with Crippen LogP contribution in [0, 0.1) is 0 Å². The molecule has 0 radical (unpaired) electrons. The summed E-state index contributed by atoms with van der Waals surface area (Å²) in [5.41, 5.74) is 0. The quantitative estimate of drug-likeness (QED) is 0.821. The fourth-order valence-corrected chi connectivity index (χ4v) is 3.46. The van der Waals surface area contributed by atoms with Gasteiger partial charge in [-0.25, -0.2) is 0 Å². The third-order valence-corrected chi connectivity index (χ3v) is 4.64. The van der Waals surface area contributed by atoms with Gasteiger partial charge in [0.15, 0.2) is 0 Å². The van der Waals surface area contributed by atoms with Crippen LogP contribution in [0.25, 0.3) is 0 Å². The molecule has 5 heteroatoms. The molecule has 2 saturated heterocycles. The zero-order valence-corrected chi connectivity index (χ0v) is 11.4. The first-order valence-electron chi connectivity index (χ1n) is 5.95. The number of hydrogen-bond acceptors (Lipinski definition) is 3. The summed E-state index contributed by atoms with van der Waals surface area (Å²) in [4.78, 5) is 14.2. The standard InChI is InChI=1S/C11H20N2OS.ClH/c1-2-9-8-13(6-7-15-9)11(14)10-4-3-5-12-10;/h9-10,12H,2-8H2,1H3;1H. The molecule has 1 amide bonds. The Labute approximate surface area is 108 Å². The Kier molecular flexibility index (Phi) is 5.94. The largest absolute Gasteiger partial charge is 0.339 e. The van der Waals surface area contributed by atoms with Gasteiger partial charge in [0.25, 0.3) is 0 Å². The van der Waals surface area contributed by atoms with Gasteiger partial charge < -0.3 is 10.2 Å². The average Bonchev–Trinajstić information content (AvgIpc) is 2.81. The van der Waals surface area contributed by atoms with Crippen LogP contribution < -0.4 is 5.32 Å². The monoisotopic (exact) mass is 264 g/mol. The van der Waals surface area contributed by atoms with Crippen molar-refractivity contribution in [3.05, 3.63) is 0 Å². The molecule has 0 spiro atoms. The van der Waals surface area contributed by atoms with E-state index < -0.39 is 0 Å². The zero-order chi connectivity index (χ0) is 10.7. The Balaban J connectivity index is 0.00000128. The second-order valence-corrected chi connectivity index (χ2v) is 5.74. The van der Waals surface area contributed by atoms with Crippen molar-refractivity contribution in [2.75, 3.05) is 25.4 Å². The first-order valence-corrected chi connectivity index (χ1v) is 7.00. The molecule has 2 aliphatic heterocycles. The van der Waals surface area contributed by atoms with Gasteiger partial charge in [-0.3, -0.25) is 4.79 Å². The molecule has 2 heterocycles.